The van der Waals surface area contributed by atoms with Crippen molar-refractivity contribution in [1.82, 2.24) is 0 Å². The maximum absolute atomic E-state index is 2.90. The number of hydrogen-bond acceptors (Lipinski definition) is 0. The molecule has 142 valence electrons. The zero-order valence-electron chi connectivity index (χ0n) is 17.6. The molecule has 0 unspecified atom stereocenters. The van der Waals surface area contributed by atoms with Gasteiger partial charge >= 0.3 is 165 Å². The average molecular weight is 377 g/mol. The molecule has 0 aliphatic carbocycles. The second-order valence-electron chi connectivity index (χ2n) is 9.47. The zero-order chi connectivity index (χ0) is 19.8. The molecule has 0 N–H and O–H groups in total. The number of benzene rings is 3. The Kier molecular flexibility index (Phi) is 4.86. The van der Waals surface area contributed by atoms with E-state index in [9.17, 15) is 0 Å². The molecule has 1 heteroatoms. The van der Waals surface area contributed by atoms with E-state index in [-0.39, 0.29) is 10.3 Å². The second-order valence-corrected chi connectivity index (χ2v) is 15.9. The van der Waals surface area contributed by atoms with Gasteiger partial charge in [-0.15, -0.1) is 0 Å². The van der Waals surface area contributed by atoms with Crippen LogP contribution in [0.25, 0.3) is 0 Å². The molecule has 0 bridgehead atoms. The van der Waals surface area contributed by atoms with E-state index in [4.69, 9.17) is 0 Å². The first-order valence-electron chi connectivity index (χ1n) is 9.85. The van der Waals surface area contributed by atoms with Crippen molar-refractivity contribution in [2.24, 2.45) is 0 Å². The van der Waals surface area contributed by atoms with Crippen molar-refractivity contribution in [1.29, 1.82) is 0 Å². The van der Waals surface area contributed by atoms with Gasteiger partial charge in [0.25, 0.3) is 0 Å². The summed E-state index contributed by atoms with van der Waals surface area (Å²) in [5.41, 5.74) is 0. The fourth-order valence-corrected chi connectivity index (χ4v) is 15.8. The minimum absolute atomic E-state index is 0.0356. The molecule has 0 nitrogen and oxygen atoms in total. The fraction of sp³-hybridized carbons (Fsp3) is 0.308. The van der Waals surface area contributed by atoms with Crippen molar-refractivity contribution < 1.29 is 0 Å². The number of rotatable bonds is 3. The first kappa shape index (κ1) is 19.8. The molecule has 0 aliphatic rings. The van der Waals surface area contributed by atoms with Crippen LogP contribution in [0.1, 0.15) is 41.5 Å². The van der Waals surface area contributed by atoms with Crippen LogP contribution in [0.2, 0.25) is 0 Å². The third-order valence-corrected chi connectivity index (χ3v) is 15.9. The second kappa shape index (κ2) is 6.61. The Morgan fingerprint density at radius 3 is 0.815 bits per heavy atom. The van der Waals surface area contributed by atoms with Crippen molar-refractivity contribution in [2.75, 3.05) is 0 Å². The molecule has 3 rings (SSSR count). The molecule has 0 aromatic heterocycles. The minimum atomic E-state index is -2.90. The quantitative estimate of drug-likeness (QED) is 0.484. The summed E-state index contributed by atoms with van der Waals surface area (Å²) in [6.45, 7) is 11.8. The summed E-state index contributed by atoms with van der Waals surface area (Å²) in [7, 11) is 0. The van der Waals surface area contributed by atoms with E-state index in [1.807, 2.05) is 0 Å². The zero-order valence-corrected chi connectivity index (χ0v) is 18.5. The molecule has 0 fully saturated rings. The molecule has 0 saturated heterocycles. The summed E-state index contributed by atoms with van der Waals surface area (Å²) in [6, 6.07) is 33.9. The van der Waals surface area contributed by atoms with Crippen LogP contribution in [0.5, 0.6) is 0 Å². The van der Waals surface area contributed by atoms with E-state index in [2.05, 4.69) is 133 Å². The maximum atomic E-state index is 2.45. The normalized spacial score (nSPS) is 14.4. The monoisotopic (exact) mass is 376 g/mol. The van der Waals surface area contributed by atoms with Gasteiger partial charge in [0, 0.05) is 0 Å². The van der Waals surface area contributed by atoms with Crippen molar-refractivity contribution in [3.63, 3.8) is 0 Å². The van der Waals surface area contributed by atoms with Crippen LogP contribution in [-0.4, -0.2) is 10.3 Å². The van der Waals surface area contributed by atoms with Gasteiger partial charge in [-0.05, 0) is 0 Å². The van der Waals surface area contributed by atoms with Gasteiger partial charge in [0.2, 0.25) is 0 Å². The standard InChI is InChI=1S/C26H33P/c1-25(2,3)27(26(4,5)6,22-16-10-7-11-17-22,23-18-12-8-13-19-23)24-20-14-9-15-21-24/h7-21H,1-6H3. The molecule has 0 atom stereocenters. The van der Waals surface area contributed by atoms with E-state index < -0.39 is 6.60 Å². The molecule has 3 aromatic carbocycles. The molecule has 0 saturated carbocycles. The van der Waals surface area contributed by atoms with E-state index in [1.54, 1.807) is 0 Å². The van der Waals surface area contributed by atoms with E-state index in [0.29, 0.717) is 0 Å². The molecule has 3 aromatic rings. The molecule has 0 amide bonds. The van der Waals surface area contributed by atoms with E-state index in [1.165, 1.54) is 15.9 Å². The van der Waals surface area contributed by atoms with Gasteiger partial charge in [-0.25, -0.2) is 0 Å². The first-order chi connectivity index (χ1) is 12.7. The molecular weight excluding hydrogens is 343 g/mol. The van der Waals surface area contributed by atoms with Gasteiger partial charge in [0.05, 0.1) is 0 Å². The van der Waals surface area contributed by atoms with Gasteiger partial charge < -0.3 is 0 Å². The average Bonchev–Trinajstić information content (AvgIpc) is 2.63. The van der Waals surface area contributed by atoms with Gasteiger partial charge in [-0.3, -0.25) is 0 Å². The molecule has 0 radical (unpaired) electrons. The molecule has 27 heavy (non-hydrogen) atoms. The SMILES string of the molecule is CC(C)(C)P(c1ccccc1)(c1ccccc1)(c1ccccc1)C(C)(C)C. The summed E-state index contributed by atoms with van der Waals surface area (Å²) in [4.78, 5) is 0. The van der Waals surface area contributed by atoms with Crippen molar-refractivity contribution in [3.05, 3.63) is 91.0 Å². The van der Waals surface area contributed by atoms with E-state index >= 15 is 0 Å². The van der Waals surface area contributed by atoms with E-state index in [0.717, 1.165) is 0 Å². The van der Waals surface area contributed by atoms with Crippen LogP contribution < -0.4 is 15.9 Å². The van der Waals surface area contributed by atoms with Gasteiger partial charge in [0.1, 0.15) is 0 Å². The van der Waals surface area contributed by atoms with Gasteiger partial charge in [-0.1, -0.05) is 0 Å². The predicted octanol–water partition coefficient (Wildman–Crippen LogP) is 6.11. The topological polar surface area (TPSA) is 0 Å². The van der Waals surface area contributed by atoms with Crippen LogP contribution >= 0.6 is 6.60 Å². The summed E-state index contributed by atoms with van der Waals surface area (Å²) in [5, 5.41) is 4.49. The Morgan fingerprint density at radius 2 is 0.630 bits per heavy atom. The summed E-state index contributed by atoms with van der Waals surface area (Å²) < 4.78 is 0. The number of hydrogen-bond donors (Lipinski definition) is 0. The molecule has 0 spiro atoms. The molecule has 0 heterocycles. The first-order valence-corrected chi connectivity index (χ1v) is 12.1. The molecule has 0 aliphatic heterocycles. The van der Waals surface area contributed by atoms with Gasteiger partial charge in [-0.2, -0.15) is 0 Å². The Labute approximate surface area is 165 Å². The summed E-state index contributed by atoms with van der Waals surface area (Å²) in [6.07, 6.45) is 0. The third-order valence-electron chi connectivity index (χ3n) is 6.50. The van der Waals surface area contributed by atoms with Crippen molar-refractivity contribution in [3.8, 4) is 0 Å². The fourth-order valence-electron chi connectivity index (χ4n) is 5.96. The Hall–Kier alpha value is -1.91. The summed E-state index contributed by atoms with van der Waals surface area (Å²) >= 11 is 0. The van der Waals surface area contributed by atoms with Crippen LogP contribution in [0.4, 0.5) is 0 Å². The van der Waals surface area contributed by atoms with Crippen LogP contribution in [0.3, 0.4) is 0 Å². The van der Waals surface area contributed by atoms with Gasteiger partial charge in [0.15, 0.2) is 0 Å². The summed E-state index contributed by atoms with van der Waals surface area (Å²) in [5.74, 6) is 0. The Balaban J connectivity index is 2.72. The van der Waals surface area contributed by atoms with Crippen molar-refractivity contribution >= 4 is 22.5 Å². The van der Waals surface area contributed by atoms with Crippen molar-refractivity contribution in [2.45, 2.75) is 51.9 Å². The van der Waals surface area contributed by atoms with Crippen LogP contribution in [-0.2, 0) is 0 Å². The predicted molar refractivity (Wildman–Crippen MR) is 125 cm³/mol. The molecular formula is C26H33P. The van der Waals surface area contributed by atoms with Crippen LogP contribution in [0, 0.1) is 0 Å². The van der Waals surface area contributed by atoms with Crippen LogP contribution in [0.15, 0.2) is 91.0 Å². The Bertz CT molecular complexity index is 764. The third kappa shape index (κ3) is 2.39. The Morgan fingerprint density at radius 1 is 0.407 bits per heavy atom.